The number of methoxy groups -OCH3 is 1. The van der Waals surface area contributed by atoms with Crippen LogP contribution in [-0.4, -0.2) is 56.9 Å². The lowest BCUT2D eigenvalue weighted by Gasteiger charge is -2.33. The summed E-state index contributed by atoms with van der Waals surface area (Å²) < 4.78 is 31.3. The van der Waals surface area contributed by atoms with E-state index < -0.39 is 10.0 Å². The minimum Gasteiger partial charge on any atom is -0.465 e. The summed E-state index contributed by atoms with van der Waals surface area (Å²) in [6.45, 7) is 2.97. The van der Waals surface area contributed by atoms with Gasteiger partial charge in [0.1, 0.15) is 0 Å². The normalized spacial score (nSPS) is 16.3. The fourth-order valence-corrected chi connectivity index (χ4v) is 4.25. The van der Waals surface area contributed by atoms with E-state index >= 15 is 0 Å². The van der Waals surface area contributed by atoms with Crippen LogP contribution in [-0.2, 0) is 21.3 Å². The van der Waals surface area contributed by atoms with Crippen LogP contribution < -0.4 is 0 Å². The van der Waals surface area contributed by atoms with Crippen LogP contribution in [0.4, 0.5) is 0 Å². The molecule has 28 heavy (non-hydrogen) atoms. The van der Waals surface area contributed by atoms with Crippen LogP contribution in [0.5, 0.6) is 0 Å². The third-order valence-corrected chi connectivity index (χ3v) is 6.27. The molecule has 0 N–H and O–H groups in total. The van der Waals surface area contributed by atoms with E-state index in [-0.39, 0.29) is 5.97 Å². The Hall–Kier alpha value is -2.48. The molecule has 0 aromatic heterocycles. The number of sulfonamides is 1. The molecule has 0 bridgehead atoms. The van der Waals surface area contributed by atoms with Crippen molar-refractivity contribution in [3.63, 3.8) is 0 Å². The average molecular weight is 401 g/mol. The number of benzene rings is 2. The first kappa shape index (κ1) is 20.3. The number of esters is 1. The Bertz CT molecular complexity index is 917. The molecule has 0 aliphatic carbocycles. The molecule has 1 aliphatic rings. The Morgan fingerprint density at radius 2 is 1.64 bits per heavy atom. The van der Waals surface area contributed by atoms with Gasteiger partial charge in [0.2, 0.25) is 10.0 Å². The monoisotopic (exact) mass is 400 g/mol. The maximum absolute atomic E-state index is 12.5. The molecule has 1 aliphatic heterocycles. The van der Waals surface area contributed by atoms with Gasteiger partial charge in [0, 0.05) is 38.1 Å². The van der Waals surface area contributed by atoms with E-state index in [4.69, 9.17) is 4.74 Å². The molecule has 0 amide bonds. The van der Waals surface area contributed by atoms with Gasteiger partial charge in [0.05, 0.1) is 12.7 Å². The van der Waals surface area contributed by atoms with Crippen LogP contribution in [0.1, 0.15) is 21.5 Å². The summed E-state index contributed by atoms with van der Waals surface area (Å²) in [4.78, 5) is 13.7. The second-order valence-corrected chi connectivity index (χ2v) is 8.44. The Labute approximate surface area is 166 Å². The van der Waals surface area contributed by atoms with E-state index in [0.29, 0.717) is 31.7 Å². The van der Waals surface area contributed by atoms with Gasteiger partial charge in [-0.25, -0.2) is 13.2 Å². The van der Waals surface area contributed by atoms with E-state index in [1.54, 1.807) is 18.2 Å². The Balaban J connectivity index is 1.54. The summed E-state index contributed by atoms with van der Waals surface area (Å²) in [6.07, 6.45) is 1.63. The van der Waals surface area contributed by atoms with Gasteiger partial charge in [-0.3, -0.25) is 4.90 Å². The molecule has 3 rings (SSSR count). The fraction of sp³-hybridized carbons (Fsp3) is 0.286. The van der Waals surface area contributed by atoms with Crippen LogP contribution in [0, 0.1) is 0 Å². The molecule has 0 unspecified atom stereocenters. The molecular formula is C21H24N2O4S. The topological polar surface area (TPSA) is 66.9 Å². The third kappa shape index (κ3) is 5.28. The summed E-state index contributed by atoms with van der Waals surface area (Å²) in [5.41, 5.74) is 2.46. The van der Waals surface area contributed by atoms with Crippen molar-refractivity contribution >= 4 is 22.1 Å². The van der Waals surface area contributed by atoms with Gasteiger partial charge in [-0.05, 0) is 29.3 Å². The van der Waals surface area contributed by atoms with Gasteiger partial charge < -0.3 is 4.74 Å². The quantitative estimate of drug-likeness (QED) is 0.698. The van der Waals surface area contributed by atoms with Gasteiger partial charge in [-0.2, -0.15) is 4.31 Å². The van der Waals surface area contributed by atoms with Crippen LogP contribution >= 0.6 is 0 Å². The molecule has 0 radical (unpaired) electrons. The van der Waals surface area contributed by atoms with Crippen molar-refractivity contribution in [2.24, 2.45) is 0 Å². The minimum absolute atomic E-state index is 0.353. The van der Waals surface area contributed by atoms with E-state index in [9.17, 15) is 13.2 Å². The molecule has 2 aromatic rings. The lowest BCUT2D eigenvalue weighted by molar-refractivity contribution is 0.0600. The Kier molecular flexibility index (Phi) is 6.61. The predicted molar refractivity (Wildman–Crippen MR) is 109 cm³/mol. The van der Waals surface area contributed by atoms with Gasteiger partial charge in [0.25, 0.3) is 0 Å². The summed E-state index contributed by atoms with van der Waals surface area (Å²) in [6, 6.07) is 16.7. The molecule has 1 heterocycles. The zero-order valence-electron chi connectivity index (χ0n) is 15.8. The molecule has 2 aromatic carbocycles. The zero-order valence-corrected chi connectivity index (χ0v) is 16.6. The summed E-state index contributed by atoms with van der Waals surface area (Å²) >= 11 is 0. The molecule has 1 fully saturated rings. The highest BCUT2D eigenvalue weighted by molar-refractivity contribution is 7.92. The Morgan fingerprint density at radius 1 is 1.00 bits per heavy atom. The maximum atomic E-state index is 12.5. The molecule has 1 saturated heterocycles. The van der Waals surface area contributed by atoms with Gasteiger partial charge >= 0.3 is 5.97 Å². The minimum atomic E-state index is -3.42. The van der Waals surface area contributed by atoms with Crippen molar-refractivity contribution in [3.8, 4) is 0 Å². The maximum Gasteiger partial charge on any atom is 0.337 e. The second kappa shape index (κ2) is 9.14. The van der Waals surface area contributed by atoms with Crippen LogP contribution in [0.3, 0.4) is 0 Å². The van der Waals surface area contributed by atoms with Gasteiger partial charge in [-0.15, -0.1) is 0 Å². The average Bonchev–Trinajstić information content (AvgIpc) is 2.73. The van der Waals surface area contributed by atoms with Crippen LogP contribution in [0.15, 0.2) is 60.0 Å². The van der Waals surface area contributed by atoms with Crippen molar-refractivity contribution in [3.05, 3.63) is 76.7 Å². The lowest BCUT2D eigenvalue weighted by Crippen LogP contribution is -2.47. The number of rotatable bonds is 6. The van der Waals surface area contributed by atoms with Crippen molar-refractivity contribution in [2.45, 2.75) is 6.54 Å². The van der Waals surface area contributed by atoms with E-state index in [1.165, 1.54) is 16.8 Å². The zero-order chi connectivity index (χ0) is 20.0. The largest absolute Gasteiger partial charge is 0.465 e. The van der Waals surface area contributed by atoms with Crippen molar-refractivity contribution in [1.82, 2.24) is 9.21 Å². The van der Waals surface area contributed by atoms with E-state index in [0.717, 1.165) is 17.7 Å². The fourth-order valence-electron chi connectivity index (χ4n) is 3.08. The third-order valence-electron chi connectivity index (χ3n) is 4.70. The summed E-state index contributed by atoms with van der Waals surface area (Å²) in [5.74, 6) is -0.353. The first-order valence-electron chi connectivity index (χ1n) is 9.11. The summed E-state index contributed by atoms with van der Waals surface area (Å²) in [7, 11) is -2.06. The van der Waals surface area contributed by atoms with E-state index in [1.807, 2.05) is 42.5 Å². The SMILES string of the molecule is COC(=O)c1ccc(CN2CCN(S(=O)(=O)/C=C/c3ccccc3)CC2)cc1. The molecule has 7 heteroatoms. The number of ether oxygens (including phenoxy) is 1. The highest BCUT2D eigenvalue weighted by atomic mass is 32.2. The standard InChI is InChI=1S/C21H24N2O4S/c1-27-21(24)20-9-7-19(8-10-20)17-22-12-14-23(15-13-22)28(25,26)16-11-18-5-3-2-4-6-18/h2-11,16H,12-15,17H2,1H3/b16-11+. The number of carbonyl (C=O) groups is 1. The lowest BCUT2D eigenvalue weighted by atomic mass is 10.1. The molecule has 148 valence electrons. The molecule has 0 saturated carbocycles. The number of hydrogen-bond donors (Lipinski definition) is 0. The van der Waals surface area contributed by atoms with Crippen molar-refractivity contribution < 1.29 is 17.9 Å². The molecular weight excluding hydrogens is 376 g/mol. The van der Waals surface area contributed by atoms with Crippen LogP contribution in [0.25, 0.3) is 6.08 Å². The first-order chi connectivity index (χ1) is 13.5. The molecule has 0 atom stereocenters. The van der Waals surface area contributed by atoms with Gasteiger partial charge in [-0.1, -0.05) is 42.5 Å². The number of hydrogen-bond acceptors (Lipinski definition) is 5. The number of nitrogens with zero attached hydrogens (tertiary/aromatic N) is 2. The number of carbonyl (C=O) groups excluding carboxylic acids is 1. The predicted octanol–water partition coefficient (Wildman–Crippen LogP) is 2.59. The van der Waals surface area contributed by atoms with Crippen molar-refractivity contribution in [1.29, 1.82) is 0 Å². The first-order valence-corrected chi connectivity index (χ1v) is 10.6. The highest BCUT2D eigenvalue weighted by Crippen LogP contribution is 2.14. The van der Waals surface area contributed by atoms with Crippen molar-refractivity contribution in [2.75, 3.05) is 33.3 Å². The molecule has 6 nitrogen and oxygen atoms in total. The highest BCUT2D eigenvalue weighted by Gasteiger charge is 2.25. The number of piperazine rings is 1. The summed E-state index contributed by atoms with van der Waals surface area (Å²) in [5, 5.41) is 1.28. The molecule has 0 spiro atoms. The van der Waals surface area contributed by atoms with E-state index in [2.05, 4.69) is 4.90 Å². The van der Waals surface area contributed by atoms with Gasteiger partial charge in [0.15, 0.2) is 0 Å². The smallest absolute Gasteiger partial charge is 0.337 e. The Morgan fingerprint density at radius 3 is 2.25 bits per heavy atom. The van der Waals surface area contributed by atoms with Crippen LogP contribution in [0.2, 0.25) is 0 Å². The second-order valence-electron chi connectivity index (χ2n) is 6.62.